The number of H-pyrrole nitrogens is 1. The quantitative estimate of drug-likeness (QED) is 0.0172. The minimum atomic E-state index is -1.35. The third kappa shape index (κ3) is 24.1. The molecule has 27 nitrogen and oxygen atoms in total. The molecule has 0 aliphatic carbocycles. The van der Waals surface area contributed by atoms with E-state index in [9.17, 15) is 48.3 Å². The number of nitrogens with two attached hydrogens (primary N) is 5. The Morgan fingerprint density at radius 2 is 1.04 bits per heavy atom. The van der Waals surface area contributed by atoms with Gasteiger partial charge in [-0.05, 0) is 82.2 Å². The SMILES string of the molecule is CC[C@H](C)[C@H](NC(=O)CNC(=O)[C@@H](N)CO)C(=O)N[C@@H](Cc1cnc[nH]1)C(=O)N[C@@H](CCCCN)C(=O)N[C@H](C(=O)N[C@@H](CCCN=C(N)N)C(=O)N[C@H](C(=O)N[C@@H](CCCCN)C(=O)O)[C@@H](C)CC)[C@@H](C)CC. The van der Waals surface area contributed by atoms with Crippen molar-refractivity contribution < 1.29 is 53.4 Å². The van der Waals surface area contributed by atoms with Gasteiger partial charge in [-0.2, -0.15) is 0 Å². The lowest BCUT2D eigenvalue weighted by Crippen LogP contribution is -2.61. The summed E-state index contributed by atoms with van der Waals surface area (Å²) >= 11 is 0. The topological polar surface area (TPSA) is 461 Å². The van der Waals surface area contributed by atoms with Gasteiger partial charge in [0.1, 0.15) is 48.3 Å². The number of hydrogen-bond donors (Lipinski definition) is 16. The number of nitrogens with zero attached hydrogens (tertiary/aromatic N) is 2. The molecule has 1 aromatic heterocycles. The Morgan fingerprint density at radius 3 is 1.47 bits per heavy atom. The number of aliphatic hydroxyl groups is 1. The summed E-state index contributed by atoms with van der Waals surface area (Å²) in [6, 6.07) is -10.1. The number of carbonyl (C=O) groups is 9. The van der Waals surface area contributed by atoms with Gasteiger partial charge < -0.3 is 86.4 Å². The van der Waals surface area contributed by atoms with Crippen LogP contribution in [-0.2, 0) is 49.6 Å². The zero-order valence-corrected chi connectivity index (χ0v) is 43.9. The number of aromatic nitrogens is 2. The first-order valence-electron chi connectivity index (χ1n) is 25.5. The van der Waals surface area contributed by atoms with Crippen molar-refractivity contribution in [1.29, 1.82) is 0 Å². The van der Waals surface area contributed by atoms with Crippen molar-refractivity contribution >= 4 is 59.2 Å². The Bertz CT molecular complexity index is 1950. The highest BCUT2D eigenvalue weighted by Crippen LogP contribution is 2.15. The van der Waals surface area contributed by atoms with Crippen LogP contribution in [0.4, 0.5) is 0 Å². The summed E-state index contributed by atoms with van der Waals surface area (Å²) in [5.74, 6) is -9.07. The smallest absolute Gasteiger partial charge is 0.326 e. The molecule has 0 saturated heterocycles. The zero-order valence-electron chi connectivity index (χ0n) is 43.9. The molecular formula is C47H86N16O11. The second-order valence-electron chi connectivity index (χ2n) is 18.6. The summed E-state index contributed by atoms with van der Waals surface area (Å²) in [7, 11) is 0. The lowest BCUT2D eigenvalue weighted by Gasteiger charge is -2.30. The number of aliphatic hydroxyl groups excluding tert-OH is 1. The molecule has 0 saturated carbocycles. The van der Waals surface area contributed by atoms with Crippen molar-refractivity contribution in [2.75, 3.05) is 32.8 Å². The van der Waals surface area contributed by atoms with Crippen molar-refractivity contribution in [2.45, 2.75) is 167 Å². The number of nitrogens with one attached hydrogen (secondary N) is 9. The molecule has 0 bridgehead atoms. The van der Waals surface area contributed by atoms with Crippen molar-refractivity contribution in [2.24, 2.45) is 51.4 Å². The average molecular weight is 1050 g/mol. The summed E-state index contributed by atoms with van der Waals surface area (Å²) in [4.78, 5) is 133. The van der Waals surface area contributed by atoms with E-state index >= 15 is 0 Å². The predicted molar refractivity (Wildman–Crippen MR) is 276 cm³/mol. The second kappa shape index (κ2) is 35.7. The largest absolute Gasteiger partial charge is 0.480 e. The summed E-state index contributed by atoms with van der Waals surface area (Å²) in [6.45, 7) is 9.94. The lowest BCUT2D eigenvalue weighted by molar-refractivity contribution is -0.143. The number of carboxylic acid groups (broad SMARTS) is 1. The number of rotatable bonds is 38. The number of hydrogen-bond acceptors (Lipinski definition) is 15. The minimum Gasteiger partial charge on any atom is -0.480 e. The van der Waals surface area contributed by atoms with E-state index in [0.29, 0.717) is 57.2 Å². The first kappa shape index (κ1) is 65.6. The van der Waals surface area contributed by atoms with Crippen molar-refractivity contribution in [3.8, 4) is 0 Å². The standard InChI is InChI=1S/C47H86N16O11/c1-7-26(4)36(61-35(65)23-55-39(66)30(50)24-64)43(70)60-34(21-29-22-53-25-56-29)42(69)57-31(15-10-12-18-48)40(67)62-37(27(5)8-2)44(71)58-32(17-14-20-54-47(51)52)41(68)63-38(28(6)9-3)45(72)59-33(46(73)74)16-11-13-19-49/h22,25-28,30-34,36-38,64H,7-21,23-24,48-50H2,1-6H3,(H,53,56)(H,55,66)(H,57,69)(H,58,71)(H,59,72)(H,60,70)(H,61,65)(H,62,67)(H,63,68)(H,73,74)(H4,51,52,54)/t26-,27-,28-,30-,31-,32-,33-,34-,36-,37-,38-/m0/s1. The fourth-order valence-electron chi connectivity index (χ4n) is 7.39. The monoisotopic (exact) mass is 1050 g/mol. The van der Waals surface area contributed by atoms with Gasteiger partial charge in [0.25, 0.3) is 0 Å². The van der Waals surface area contributed by atoms with Crippen LogP contribution in [0.25, 0.3) is 0 Å². The van der Waals surface area contributed by atoms with Crippen molar-refractivity contribution in [1.82, 2.24) is 52.5 Å². The normalized spacial score (nSPS) is 15.6. The molecule has 27 heteroatoms. The third-order valence-electron chi connectivity index (χ3n) is 12.7. The number of guanidine groups is 1. The molecule has 420 valence electrons. The molecule has 0 aromatic carbocycles. The molecule has 1 aromatic rings. The molecule has 1 heterocycles. The Labute approximate surface area is 433 Å². The predicted octanol–water partition coefficient (Wildman–Crippen LogP) is -3.68. The van der Waals surface area contributed by atoms with Gasteiger partial charge >= 0.3 is 5.97 Å². The number of carboxylic acids is 1. The van der Waals surface area contributed by atoms with Crippen LogP contribution in [0.2, 0.25) is 0 Å². The molecule has 11 atom stereocenters. The summed E-state index contributed by atoms with van der Waals surface area (Å²) in [6.07, 6.45) is 5.99. The van der Waals surface area contributed by atoms with Crippen LogP contribution in [0.1, 0.15) is 118 Å². The number of unbranched alkanes of at least 4 members (excludes halogenated alkanes) is 2. The third-order valence-corrected chi connectivity index (χ3v) is 12.7. The van der Waals surface area contributed by atoms with Gasteiger partial charge in [-0.25, -0.2) is 9.78 Å². The van der Waals surface area contributed by atoms with Crippen molar-refractivity contribution in [3.05, 3.63) is 18.2 Å². The Hall–Kier alpha value is -6.45. The molecule has 0 fully saturated rings. The number of aromatic amines is 1. The minimum absolute atomic E-state index is 0.0279. The molecular weight excluding hydrogens is 965 g/mol. The first-order chi connectivity index (χ1) is 35.1. The summed E-state index contributed by atoms with van der Waals surface area (Å²) in [5, 5.41) is 40.1. The van der Waals surface area contributed by atoms with E-state index in [0.717, 1.165) is 0 Å². The highest BCUT2D eigenvalue weighted by atomic mass is 16.4. The Balaban J connectivity index is 3.56. The molecule has 0 unspecified atom stereocenters. The second-order valence-corrected chi connectivity index (χ2v) is 18.6. The maximum atomic E-state index is 14.4. The molecule has 1 rings (SSSR count). The van der Waals surface area contributed by atoms with Gasteiger partial charge in [0, 0.05) is 24.9 Å². The van der Waals surface area contributed by atoms with Crippen LogP contribution in [0.15, 0.2) is 17.5 Å². The van der Waals surface area contributed by atoms with E-state index < -0.39 is 132 Å². The van der Waals surface area contributed by atoms with Gasteiger partial charge in [0.15, 0.2) is 5.96 Å². The van der Waals surface area contributed by atoms with Crippen LogP contribution in [-0.4, -0.2) is 160 Å². The van der Waals surface area contributed by atoms with E-state index in [-0.39, 0.29) is 51.2 Å². The number of amides is 8. The molecule has 0 spiro atoms. The van der Waals surface area contributed by atoms with E-state index in [4.69, 9.17) is 33.8 Å². The van der Waals surface area contributed by atoms with Crippen LogP contribution in [0, 0.1) is 17.8 Å². The van der Waals surface area contributed by atoms with E-state index in [2.05, 4.69) is 57.5 Å². The molecule has 0 aliphatic rings. The van der Waals surface area contributed by atoms with Crippen LogP contribution < -0.4 is 71.2 Å². The van der Waals surface area contributed by atoms with E-state index in [1.807, 2.05) is 0 Å². The lowest BCUT2D eigenvalue weighted by atomic mass is 9.95. The summed E-state index contributed by atoms with van der Waals surface area (Å²) < 4.78 is 0. The van der Waals surface area contributed by atoms with E-state index in [1.54, 1.807) is 41.5 Å². The maximum Gasteiger partial charge on any atom is 0.326 e. The van der Waals surface area contributed by atoms with Crippen LogP contribution >= 0.6 is 0 Å². The van der Waals surface area contributed by atoms with Gasteiger partial charge in [-0.1, -0.05) is 60.8 Å². The maximum absolute atomic E-state index is 14.4. The van der Waals surface area contributed by atoms with E-state index in [1.165, 1.54) is 12.5 Å². The van der Waals surface area contributed by atoms with Gasteiger partial charge in [0.05, 0.1) is 19.5 Å². The highest BCUT2D eigenvalue weighted by Gasteiger charge is 2.37. The Kier molecular flexibility index (Phi) is 31.6. The fraction of sp³-hybridized carbons (Fsp3) is 0.723. The van der Waals surface area contributed by atoms with Gasteiger partial charge in [-0.15, -0.1) is 0 Å². The molecule has 0 radical (unpaired) electrons. The number of aliphatic imine (C=N–C) groups is 1. The molecule has 0 aliphatic heterocycles. The fourth-order valence-corrected chi connectivity index (χ4v) is 7.39. The summed E-state index contributed by atoms with van der Waals surface area (Å²) in [5.41, 5.74) is 28.4. The molecule has 21 N–H and O–H groups in total. The molecule has 74 heavy (non-hydrogen) atoms. The number of carbonyl (C=O) groups excluding carboxylic acids is 8. The van der Waals surface area contributed by atoms with Crippen LogP contribution in [0.5, 0.6) is 0 Å². The Morgan fingerprint density at radius 1 is 0.608 bits per heavy atom. The van der Waals surface area contributed by atoms with Crippen molar-refractivity contribution in [3.63, 3.8) is 0 Å². The molecule has 8 amide bonds. The number of aliphatic carboxylic acids is 1. The highest BCUT2D eigenvalue weighted by molar-refractivity contribution is 5.98. The van der Waals surface area contributed by atoms with Gasteiger partial charge in [-0.3, -0.25) is 43.3 Å². The van der Waals surface area contributed by atoms with Gasteiger partial charge in [0.2, 0.25) is 47.3 Å². The average Bonchev–Trinajstić information content (AvgIpc) is 3.89. The first-order valence-corrected chi connectivity index (χ1v) is 25.5. The number of imidazole rings is 1. The van der Waals surface area contributed by atoms with Crippen LogP contribution in [0.3, 0.4) is 0 Å². The zero-order chi connectivity index (χ0) is 55.9.